The maximum absolute atomic E-state index is 13.1. The Bertz CT molecular complexity index is 1000. The summed E-state index contributed by atoms with van der Waals surface area (Å²) in [4.78, 5) is 19.6. The van der Waals surface area contributed by atoms with Crippen LogP contribution in [0.2, 0.25) is 0 Å². The molecule has 6 heteroatoms. The van der Waals surface area contributed by atoms with Gasteiger partial charge >= 0.3 is 5.97 Å². The van der Waals surface area contributed by atoms with Gasteiger partial charge in [-0.1, -0.05) is 41.1 Å². The van der Waals surface area contributed by atoms with Crippen LogP contribution >= 0.6 is 0 Å². The van der Waals surface area contributed by atoms with Gasteiger partial charge in [0, 0.05) is 43.5 Å². The second-order valence-electron chi connectivity index (χ2n) is 8.40. The van der Waals surface area contributed by atoms with Gasteiger partial charge in [-0.05, 0) is 44.9 Å². The molecule has 1 aromatic carbocycles. The number of piperidine rings is 1. The number of esters is 1. The predicted octanol–water partition coefficient (Wildman–Crippen LogP) is 4.43. The zero-order valence-corrected chi connectivity index (χ0v) is 18.2. The molecule has 31 heavy (non-hydrogen) atoms. The van der Waals surface area contributed by atoms with Crippen LogP contribution in [0.15, 0.2) is 59.4 Å². The van der Waals surface area contributed by atoms with E-state index in [9.17, 15) is 4.79 Å². The van der Waals surface area contributed by atoms with E-state index < -0.39 is 5.41 Å². The maximum atomic E-state index is 13.1. The van der Waals surface area contributed by atoms with Crippen LogP contribution in [-0.4, -0.2) is 40.7 Å². The third-order valence-electron chi connectivity index (χ3n) is 5.91. The third-order valence-corrected chi connectivity index (χ3v) is 5.91. The molecule has 0 radical (unpaired) electrons. The fourth-order valence-electron chi connectivity index (χ4n) is 4.37. The van der Waals surface area contributed by atoms with Crippen molar-refractivity contribution in [3.8, 4) is 11.3 Å². The molecule has 1 saturated heterocycles. The Labute approximate surface area is 183 Å². The number of nitrogens with zero attached hydrogens (tertiary/aromatic N) is 3. The number of likely N-dealkylation sites (tertiary alicyclic amines) is 1. The summed E-state index contributed by atoms with van der Waals surface area (Å²) in [7, 11) is 0. The molecule has 1 atom stereocenters. The van der Waals surface area contributed by atoms with E-state index in [0.29, 0.717) is 25.3 Å². The molecule has 0 aliphatic carbocycles. The number of aromatic nitrogens is 2. The van der Waals surface area contributed by atoms with Crippen LogP contribution in [0, 0.1) is 12.3 Å². The van der Waals surface area contributed by atoms with E-state index in [2.05, 4.69) is 40.2 Å². The average Bonchev–Trinajstić information content (AvgIpc) is 3.23. The third kappa shape index (κ3) is 5.02. The van der Waals surface area contributed by atoms with Crippen molar-refractivity contribution >= 4 is 5.97 Å². The van der Waals surface area contributed by atoms with Crippen molar-refractivity contribution in [2.75, 3.05) is 19.7 Å². The SMILES string of the molecule is CCOC(=O)C1(Cc2cc(-c3ccc(C)cc3)no2)CCCN(Cc2cccnc2)C1. The molecule has 1 aliphatic heterocycles. The van der Waals surface area contributed by atoms with Gasteiger partial charge in [0.25, 0.3) is 0 Å². The summed E-state index contributed by atoms with van der Waals surface area (Å²) in [5.41, 5.74) is 3.50. The zero-order valence-electron chi connectivity index (χ0n) is 18.2. The van der Waals surface area contributed by atoms with Crippen molar-refractivity contribution in [2.24, 2.45) is 5.41 Å². The summed E-state index contributed by atoms with van der Waals surface area (Å²) in [6.07, 6.45) is 5.84. The summed E-state index contributed by atoms with van der Waals surface area (Å²) < 4.78 is 11.2. The highest BCUT2D eigenvalue weighted by Gasteiger charge is 2.44. The van der Waals surface area contributed by atoms with Gasteiger partial charge < -0.3 is 9.26 Å². The van der Waals surface area contributed by atoms with Crippen LogP contribution in [0.4, 0.5) is 0 Å². The lowest BCUT2D eigenvalue weighted by atomic mass is 9.76. The van der Waals surface area contributed by atoms with Gasteiger partial charge in [0.15, 0.2) is 0 Å². The Morgan fingerprint density at radius 2 is 2.10 bits per heavy atom. The molecule has 1 fully saturated rings. The number of hydrogen-bond donors (Lipinski definition) is 0. The molecule has 0 N–H and O–H groups in total. The molecule has 0 bridgehead atoms. The second-order valence-corrected chi connectivity index (χ2v) is 8.40. The quantitative estimate of drug-likeness (QED) is 0.528. The number of ether oxygens (including phenoxy) is 1. The number of carbonyl (C=O) groups excluding carboxylic acids is 1. The maximum Gasteiger partial charge on any atom is 0.313 e. The van der Waals surface area contributed by atoms with Crippen LogP contribution in [0.5, 0.6) is 0 Å². The fourth-order valence-corrected chi connectivity index (χ4v) is 4.37. The van der Waals surface area contributed by atoms with E-state index in [1.54, 1.807) is 6.20 Å². The lowest BCUT2D eigenvalue weighted by Gasteiger charge is -2.40. The van der Waals surface area contributed by atoms with E-state index in [1.165, 1.54) is 5.56 Å². The highest BCUT2D eigenvalue weighted by molar-refractivity contribution is 5.77. The Hall–Kier alpha value is -2.99. The van der Waals surface area contributed by atoms with Crippen molar-refractivity contribution in [3.05, 3.63) is 71.7 Å². The molecule has 6 nitrogen and oxygen atoms in total. The fraction of sp³-hybridized carbons (Fsp3) is 0.400. The van der Waals surface area contributed by atoms with E-state index in [0.717, 1.165) is 42.8 Å². The Morgan fingerprint density at radius 1 is 1.26 bits per heavy atom. The monoisotopic (exact) mass is 419 g/mol. The largest absolute Gasteiger partial charge is 0.466 e. The minimum Gasteiger partial charge on any atom is -0.466 e. The topological polar surface area (TPSA) is 68.5 Å². The summed E-state index contributed by atoms with van der Waals surface area (Å²) >= 11 is 0. The molecule has 1 unspecified atom stereocenters. The summed E-state index contributed by atoms with van der Waals surface area (Å²) in [6, 6.07) is 14.1. The molecule has 3 aromatic rings. The Morgan fingerprint density at radius 3 is 2.84 bits per heavy atom. The average molecular weight is 420 g/mol. The van der Waals surface area contributed by atoms with Crippen LogP contribution < -0.4 is 0 Å². The van der Waals surface area contributed by atoms with Crippen LogP contribution in [0.25, 0.3) is 11.3 Å². The normalized spacial score (nSPS) is 19.3. The van der Waals surface area contributed by atoms with Crippen molar-refractivity contribution in [3.63, 3.8) is 0 Å². The minimum atomic E-state index is -0.638. The van der Waals surface area contributed by atoms with Gasteiger partial charge in [-0.2, -0.15) is 0 Å². The smallest absolute Gasteiger partial charge is 0.313 e. The van der Waals surface area contributed by atoms with Gasteiger partial charge in [0.2, 0.25) is 0 Å². The highest BCUT2D eigenvalue weighted by atomic mass is 16.5. The first-order chi connectivity index (χ1) is 15.1. The van der Waals surface area contributed by atoms with E-state index in [-0.39, 0.29) is 5.97 Å². The molecule has 2 aromatic heterocycles. The standard InChI is InChI=1S/C25H29N3O3/c1-3-30-24(29)25(11-5-13-28(18-25)17-20-6-4-12-26-16-20)15-22-14-23(27-31-22)21-9-7-19(2)8-10-21/h4,6-10,12,14,16H,3,5,11,13,15,17-18H2,1-2H3. The van der Waals surface area contributed by atoms with E-state index in [1.807, 2.05) is 37.4 Å². The lowest BCUT2D eigenvalue weighted by Crippen LogP contribution is -2.49. The van der Waals surface area contributed by atoms with Gasteiger partial charge in [-0.25, -0.2) is 0 Å². The number of rotatable bonds is 7. The Kier molecular flexibility index (Phi) is 6.47. The van der Waals surface area contributed by atoms with Gasteiger partial charge in [-0.3, -0.25) is 14.7 Å². The second kappa shape index (κ2) is 9.43. The van der Waals surface area contributed by atoms with E-state index >= 15 is 0 Å². The molecule has 1 aliphatic rings. The molecule has 4 rings (SSSR count). The zero-order chi connectivity index (χ0) is 21.7. The van der Waals surface area contributed by atoms with Crippen molar-refractivity contribution in [1.82, 2.24) is 15.0 Å². The Balaban J connectivity index is 1.55. The number of hydrogen-bond acceptors (Lipinski definition) is 6. The molecular formula is C25H29N3O3. The first kappa shape index (κ1) is 21.2. The van der Waals surface area contributed by atoms with Crippen molar-refractivity contribution in [1.29, 1.82) is 0 Å². The molecule has 0 spiro atoms. The van der Waals surface area contributed by atoms with Gasteiger partial charge in [0.1, 0.15) is 11.5 Å². The first-order valence-corrected chi connectivity index (χ1v) is 10.9. The van der Waals surface area contributed by atoms with Gasteiger partial charge in [-0.15, -0.1) is 0 Å². The van der Waals surface area contributed by atoms with Crippen LogP contribution in [-0.2, 0) is 22.5 Å². The van der Waals surface area contributed by atoms with Gasteiger partial charge in [0.05, 0.1) is 12.0 Å². The molecule has 162 valence electrons. The first-order valence-electron chi connectivity index (χ1n) is 10.9. The molecular weight excluding hydrogens is 390 g/mol. The van der Waals surface area contributed by atoms with Crippen LogP contribution in [0.1, 0.15) is 36.7 Å². The van der Waals surface area contributed by atoms with Crippen molar-refractivity contribution < 1.29 is 14.1 Å². The predicted molar refractivity (Wildman–Crippen MR) is 118 cm³/mol. The summed E-state index contributed by atoms with van der Waals surface area (Å²) in [5.74, 6) is 0.561. The number of aryl methyl sites for hydroxylation is 1. The minimum absolute atomic E-state index is 0.154. The highest BCUT2D eigenvalue weighted by Crippen LogP contribution is 2.36. The summed E-state index contributed by atoms with van der Waals surface area (Å²) in [5, 5.41) is 4.26. The molecule has 0 amide bonds. The molecule has 0 saturated carbocycles. The summed E-state index contributed by atoms with van der Waals surface area (Å²) in [6.45, 7) is 6.61. The molecule has 3 heterocycles. The lowest BCUT2D eigenvalue weighted by molar-refractivity contribution is -0.159. The van der Waals surface area contributed by atoms with Crippen molar-refractivity contribution in [2.45, 2.75) is 39.7 Å². The van der Waals surface area contributed by atoms with E-state index in [4.69, 9.17) is 9.26 Å². The van der Waals surface area contributed by atoms with Crippen LogP contribution in [0.3, 0.4) is 0 Å². The number of benzene rings is 1. The number of carbonyl (C=O) groups is 1. The number of pyridine rings is 1.